The fraction of sp³-hybridized carbons (Fsp3) is 0.385. The second-order valence-electron chi connectivity index (χ2n) is 3.74. The van der Waals surface area contributed by atoms with Gasteiger partial charge in [-0.25, -0.2) is 0 Å². The van der Waals surface area contributed by atoms with E-state index in [9.17, 15) is 0 Å². The van der Waals surface area contributed by atoms with Gasteiger partial charge in [-0.15, -0.1) is 0 Å². The first kappa shape index (κ1) is 10.2. The van der Waals surface area contributed by atoms with Gasteiger partial charge >= 0.3 is 0 Å². The van der Waals surface area contributed by atoms with Gasteiger partial charge in [0.15, 0.2) is 0 Å². The van der Waals surface area contributed by atoms with Crippen molar-refractivity contribution in [1.29, 1.82) is 0 Å². The number of hydrogen-bond acceptors (Lipinski definition) is 2. The van der Waals surface area contributed by atoms with E-state index in [1.165, 1.54) is 5.57 Å². The molecule has 1 heterocycles. The standard InChI is InChI=1S/C13H17NO/c1-2-4-13(5-3-1)15-11-8-12-6-9-14-10-7-12/h1-5,8,14H,6-7,9-11H2. The van der Waals surface area contributed by atoms with E-state index in [1.54, 1.807) is 0 Å². The molecule has 1 saturated heterocycles. The van der Waals surface area contributed by atoms with E-state index in [1.807, 2.05) is 30.3 Å². The van der Waals surface area contributed by atoms with Crippen molar-refractivity contribution in [2.45, 2.75) is 12.8 Å². The molecule has 1 N–H and O–H groups in total. The lowest BCUT2D eigenvalue weighted by Crippen LogP contribution is -2.23. The highest BCUT2D eigenvalue weighted by molar-refractivity contribution is 5.21. The van der Waals surface area contributed by atoms with E-state index < -0.39 is 0 Å². The number of nitrogens with one attached hydrogen (secondary N) is 1. The largest absolute Gasteiger partial charge is 0.490 e. The van der Waals surface area contributed by atoms with E-state index in [4.69, 9.17) is 4.74 Å². The Morgan fingerprint density at radius 3 is 2.60 bits per heavy atom. The van der Waals surface area contributed by atoms with Crippen LogP contribution in [0.25, 0.3) is 0 Å². The summed E-state index contributed by atoms with van der Waals surface area (Å²) in [7, 11) is 0. The Hall–Kier alpha value is -1.28. The molecule has 0 aliphatic carbocycles. The molecule has 2 nitrogen and oxygen atoms in total. The van der Waals surface area contributed by atoms with Crippen molar-refractivity contribution in [2.75, 3.05) is 19.7 Å². The minimum Gasteiger partial charge on any atom is -0.490 e. The predicted molar refractivity (Wildman–Crippen MR) is 62.1 cm³/mol. The normalized spacial score (nSPS) is 16.1. The van der Waals surface area contributed by atoms with Crippen LogP contribution in [0.2, 0.25) is 0 Å². The first-order valence-electron chi connectivity index (χ1n) is 5.51. The second kappa shape index (κ2) is 5.56. The Morgan fingerprint density at radius 1 is 1.13 bits per heavy atom. The van der Waals surface area contributed by atoms with Crippen molar-refractivity contribution in [3.05, 3.63) is 42.0 Å². The van der Waals surface area contributed by atoms with Gasteiger partial charge in [0.1, 0.15) is 12.4 Å². The first-order valence-corrected chi connectivity index (χ1v) is 5.51. The summed E-state index contributed by atoms with van der Waals surface area (Å²) in [5.41, 5.74) is 1.52. The van der Waals surface area contributed by atoms with E-state index in [2.05, 4.69) is 11.4 Å². The van der Waals surface area contributed by atoms with Gasteiger partial charge in [0.05, 0.1) is 0 Å². The molecular weight excluding hydrogens is 186 g/mol. The number of ether oxygens (including phenoxy) is 1. The Morgan fingerprint density at radius 2 is 1.87 bits per heavy atom. The fourth-order valence-corrected chi connectivity index (χ4v) is 1.72. The zero-order valence-electron chi connectivity index (χ0n) is 8.91. The van der Waals surface area contributed by atoms with Crippen molar-refractivity contribution in [3.8, 4) is 5.75 Å². The van der Waals surface area contributed by atoms with Crippen LogP contribution in [0.1, 0.15) is 12.8 Å². The number of benzene rings is 1. The molecule has 2 heteroatoms. The highest BCUT2D eigenvalue weighted by Gasteiger charge is 2.03. The van der Waals surface area contributed by atoms with Crippen LogP contribution in [0, 0.1) is 0 Å². The highest BCUT2D eigenvalue weighted by Crippen LogP contribution is 2.11. The molecule has 2 rings (SSSR count). The molecule has 0 unspecified atom stereocenters. The van der Waals surface area contributed by atoms with E-state index >= 15 is 0 Å². The maximum Gasteiger partial charge on any atom is 0.119 e. The molecule has 0 bridgehead atoms. The molecule has 0 amide bonds. The lowest BCUT2D eigenvalue weighted by molar-refractivity contribution is 0.360. The van der Waals surface area contributed by atoms with Gasteiger partial charge in [0.2, 0.25) is 0 Å². The van der Waals surface area contributed by atoms with Crippen LogP contribution < -0.4 is 10.1 Å². The zero-order valence-corrected chi connectivity index (χ0v) is 8.91. The summed E-state index contributed by atoms with van der Waals surface area (Å²) < 4.78 is 5.61. The highest BCUT2D eigenvalue weighted by atomic mass is 16.5. The van der Waals surface area contributed by atoms with Gasteiger partial charge in [-0.05, 0) is 44.1 Å². The number of piperidine rings is 1. The van der Waals surface area contributed by atoms with Gasteiger partial charge in [-0.1, -0.05) is 23.8 Å². The molecule has 80 valence electrons. The third kappa shape index (κ3) is 3.40. The second-order valence-corrected chi connectivity index (χ2v) is 3.74. The molecule has 1 aromatic carbocycles. The minimum absolute atomic E-state index is 0.694. The molecule has 0 aromatic heterocycles. The smallest absolute Gasteiger partial charge is 0.119 e. The summed E-state index contributed by atoms with van der Waals surface area (Å²) in [5.74, 6) is 0.947. The van der Waals surface area contributed by atoms with Crippen molar-refractivity contribution in [2.24, 2.45) is 0 Å². The van der Waals surface area contributed by atoms with Crippen molar-refractivity contribution in [1.82, 2.24) is 5.32 Å². The summed E-state index contributed by atoms with van der Waals surface area (Å²) in [6.07, 6.45) is 4.55. The molecular formula is C13H17NO. The maximum atomic E-state index is 5.61. The third-order valence-corrected chi connectivity index (χ3v) is 2.61. The Kier molecular flexibility index (Phi) is 3.80. The van der Waals surface area contributed by atoms with Gasteiger partial charge in [0.25, 0.3) is 0 Å². The molecule has 0 atom stereocenters. The summed E-state index contributed by atoms with van der Waals surface area (Å²) in [4.78, 5) is 0. The Bertz CT molecular complexity index is 311. The predicted octanol–water partition coefficient (Wildman–Crippen LogP) is 2.38. The summed E-state index contributed by atoms with van der Waals surface area (Å²) in [6, 6.07) is 9.96. The van der Waals surface area contributed by atoms with Crippen LogP contribution in [0.4, 0.5) is 0 Å². The molecule has 1 aromatic rings. The Labute approximate surface area is 91.0 Å². The van der Waals surface area contributed by atoms with Crippen LogP contribution in [0.5, 0.6) is 5.75 Å². The van der Waals surface area contributed by atoms with Crippen molar-refractivity contribution < 1.29 is 4.74 Å². The molecule has 1 aliphatic heterocycles. The average molecular weight is 203 g/mol. The third-order valence-electron chi connectivity index (χ3n) is 2.61. The average Bonchev–Trinajstić information content (AvgIpc) is 2.32. The first-order chi connectivity index (χ1) is 7.45. The summed E-state index contributed by atoms with van der Waals surface area (Å²) >= 11 is 0. The van der Waals surface area contributed by atoms with Crippen LogP contribution in [-0.2, 0) is 0 Å². The summed E-state index contributed by atoms with van der Waals surface area (Å²) in [5, 5.41) is 3.34. The molecule has 0 saturated carbocycles. The number of hydrogen-bond donors (Lipinski definition) is 1. The SMILES string of the molecule is C(COc1ccccc1)=C1CCNCC1. The van der Waals surface area contributed by atoms with Gasteiger partial charge in [0, 0.05) is 0 Å². The van der Waals surface area contributed by atoms with Crippen LogP contribution in [0.15, 0.2) is 42.0 Å². The Balaban J connectivity index is 1.78. The topological polar surface area (TPSA) is 21.3 Å². The van der Waals surface area contributed by atoms with Crippen LogP contribution in [-0.4, -0.2) is 19.7 Å². The van der Waals surface area contributed by atoms with E-state index in [0.29, 0.717) is 6.61 Å². The van der Waals surface area contributed by atoms with Crippen molar-refractivity contribution >= 4 is 0 Å². The lowest BCUT2D eigenvalue weighted by Gasteiger charge is -2.15. The van der Waals surface area contributed by atoms with Gasteiger partial charge in [-0.2, -0.15) is 0 Å². The monoisotopic (exact) mass is 203 g/mol. The molecule has 0 radical (unpaired) electrons. The molecule has 0 spiro atoms. The van der Waals surface area contributed by atoms with Crippen molar-refractivity contribution in [3.63, 3.8) is 0 Å². The number of para-hydroxylation sites is 1. The van der Waals surface area contributed by atoms with E-state index in [0.717, 1.165) is 31.7 Å². The molecule has 15 heavy (non-hydrogen) atoms. The van der Waals surface area contributed by atoms with Crippen LogP contribution >= 0.6 is 0 Å². The molecule has 1 fully saturated rings. The zero-order chi connectivity index (χ0) is 10.3. The number of rotatable bonds is 3. The quantitative estimate of drug-likeness (QED) is 0.761. The van der Waals surface area contributed by atoms with Gasteiger partial charge < -0.3 is 10.1 Å². The minimum atomic E-state index is 0.694. The summed E-state index contributed by atoms with van der Waals surface area (Å²) in [6.45, 7) is 2.91. The fourth-order valence-electron chi connectivity index (χ4n) is 1.72. The lowest BCUT2D eigenvalue weighted by atomic mass is 10.1. The van der Waals surface area contributed by atoms with E-state index in [-0.39, 0.29) is 0 Å². The van der Waals surface area contributed by atoms with Gasteiger partial charge in [-0.3, -0.25) is 0 Å². The maximum absolute atomic E-state index is 5.61. The van der Waals surface area contributed by atoms with Crippen LogP contribution in [0.3, 0.4) is 0 Å². The molecule has 1 aliphatic rings.